The minimum atomic E-state index is -3.58. The van der Waals surface area contributed by atoms with Crippen LogP contribution in [0.25, 0.3) is 11.5 Å². The zero-order chi connectivity index (χ0) is 20.4. The highest BCUT2D eigenvalue weighted by Crippen LogP contribution is 2.31. The summed E-state index contributed by atoms with van der Waals surface area (Å²) in [5, 5.41) is 4.53. The first-order valence-corrected chi connectivity index (χ1v) is 11.0. The van der Waals surface area contributed by atoms with E-state index in [1.807, 2.05) is 0 Å². The molecule has 0 bridgehead atoms. The number of halogens is 1. The predicted octanol–water partition coefficient (Wildman–Crippen LogP) is 2.82. The Labute approximate surface area is 173 Å². The topological polar surface area (TPSA) is 103 Å². The number of hydrogen-bond acceptors (Lipinski definition) is 7. The van der Waals surface area contributed by atoms with Crippen molar-refractivity contribution in [2.24, 2.45) is 0 Å². The first-order chi connectivity index (χ1) is 14.0. The summed E-state index contributed by atoms with van der Waals surface area (Å²) in [4.78, 5) is 8.44. The lowest BCUT2D eigenvalue weighted by Gasteiger charge is -2.24. The molecule has 0 atom stereocenters. The van der Waals surface area contributed by atoms with Crippen molar-refractivity contribution in [3.05, 3.63) is 41.6 Å². The number of nitrogens with zero attached hydrogens (tertiary/aromatic N) is 5. The van der Waals surface area contributed by atoms with Gasteiger partial charge in [-0.05, 0) is 31.0 Å². The molecule has 0 unspecified atom stereocenters. The van der Waals surface area contributed by atoms with E-state index in [1.54, 1.807) is 22.8 Å². The molecule has 1 aromatic carbocycles. The number of ether oxygens (including phenoxy) is 1. The largest absolute Gasteiger partial charge is 0.496 e. The number of methoxy groups -OCH3 is 1. The Morgan fingerprint density at radius 3 is 2.79 bits per heavy atom. The zero-order valence-electron chi connectivity index (χ0n) is 15.8. The maximum absolute atomic E-state index is 12.7. The number of hydrogen-bond donors (Lipinski definition) is 0. The van der Waals surface area contributed by atoms with Crippen LogP contribution in [-0.4, -0.2) is 52.6 Å². The fraction of sp³-hybridized carbons (Fsp3) is 0.389. The molecule has 1 aliphatic heterocycles. The normalized spacial score (nSPS) is 15.5. The van der Waals surface area contributed by atoms with Crippen molar-refractivity contribution in [3.63, 3.8) is 0 Å². The summed E-state index contributed by atoms with van der Waals surface area (Å²) in [6.07, 6.45) is 5.75. The van der Waals surface area contributed by atoms with Gasteiger partial charge in [0.1, 0.15) is 5.75 Å². The molecular formula is C18H20ClN5O4S. The van der Waals surface area contributed by atoms with Crippen LogP contribution in [0.3, 0.4) is 0 Å². The molecule has 2 aromatic heterocycles. The lowest BCUT2D eigenvalue weighted by molar-refractivity contribution is 0.345. The van der Waals surface area contributed by atoms with Crippen LogP contribution in [0, 0.1) is 0 Å². The second-order valence-electron chi connectivity index (χ2n) is 6.71. The summed E-state index contributed by atoms with van der Waals surface area (Å²) < 4.78 is 39.2. The van der Waals surface area contributed by atoms with Crippen LogP contribution in [0.4, 0.5) is 0 Å². The Morgan fingerprint density at radius 1 is 1.24 bits per heavy atom. The number of rotatable bonds is 6. The number of sulfonamides is 1. The van der Waals surface area contributed by atoms with Crippen molar-refractivity contribution >= 4 is 21.6 Å². The van der Waals surface area contributed by atoms with Crippen LogP contribution in [0.5, 0.6) is 5.75 Å². The van der Waals surface area contributed by atoms with Gasteiger partial charge in [0.15, 0.2) is 10.9 Å². The first-order valence-electron chi connectivity index (χ1n) is 9.16. The molecule has 3 heterocycles. The molecule has 154 valence electrons. The average Bonchev–Trinajstić information content (AvgIpc) is 3.39. The molecule has 0 N–H and O–H groups in total. The predicted molar refractivity (Wildman–Crippen MR) is 105 cm³/mol. The Morgan fingerprint density at radius 2 is 2.03 bits per heavy atom. The van der Waals surface area contributed by atoms with E-state index in [9.17, 15) is 8.42 Å². The van der Waals surface area contributed by atoms with Crippen LogP contribution in [0.15, 0.2) is 40.3 Å². The van der Waals surface area contributed by atoms with Gasteiger partial charge in [0.2, 0.25) is 0 Å². The van der Waals surface area contributed by atoms with Crippen LogP contribution >= 0.6 is 11.6 Å². The zero-order valence-corrected chi connectivity index (χ0v) is 17.4. The van der Waals surface area contributed by atoms with Crippen LogP contribution in [0.2, 0.25) is 5.02 Å². The molecule has 1 aliphatic rings. The molecular weight excluding hydrogens is 418 g/mol. The second-order valence-corrected chi connectivity index (χ2v) is 9.03. The molecule has 4 rings (SSSR count). The fourth-order valence-corrected chi connectivity index (χ4v) is 4.84. The van der Waals surface area contributed by atoms with Gasteiger partial charge in [0.25, 0.3) is 15.9 Å². The SMILES string of the molecule is COc1cc(Cl)ccc1-c1nc(Cn2cnc(S(=O)(=O)N3CCCCC3)c2)no1. The van der Waals surface area contributed by atoms with E-state index in [0.717, 1.165) is 19.3 Å². The Balaban J connectivity index is 1.52. The number of imidazole rings is 1. The Hall–Kier alpha value is -2.43. The van der Waals surface area contributed by atoms with Gasteiger partial charge >= 0.3 is 0 Å². The molecule has 0 spiro atoms. The highest BCUT2D eigenvalue weighted by Gasteiger charge is 2.28. The first kappa shape index (κ1) is 19.9. The Kier molecular flexibility index (Phi) is 5.57. The summed E-state index contributed by atoms with van der Waals surface area (Å²) in [6, 6.07) is 5.10. The highest BCUT2D eigenvalue weighted by molar-refractivity contribution is 7.89. The minimum Gasteiger partial charge on any atom is -0.496 e. The van der Waals surface area contributed by atoms with Crippen molar-refractivity contribution in [3.8, 4) is 17.2 Å². The van der Waals surface area contributed by atoms with E-state index < -0.39 is 10.0 Å². The summed E-state index contributed by atoms with van der Waals surface area (Å²) >= 11 is 5.98. The molecule has 0 amide bonds. The number of piperidine rings is 1. The monoisotopic (exact) mass is 437 g/mol. The molecule has 1 saturated heterocycles. The third-order valence-electron chi connectivity index (χ3n) is 4.71. The van der Waals surface area contributed by atoms with Crippen molar-refractivity contribution < 1.29 is 17.7 Å². The molecule has 3 aromatic rings. The third kappa shape index (κ3) is 4.14. The minimum absolute atomic E-state index is 0.0301. The highest BCUT2D eigenvalue weighted by atomic mass is 35.5. The van der Waals surface area contributed by atoms with Gasteiger partial charge in [-0.25, -0.2) is 13.4 Å². The van der Waals surface area contributed by atoms with Gasteiger partial charge < -0.3 is 13.8 Å². The van der Waals surface area contributed by atoms with Crippen molar-refractivity contribution in [2.75, 3.05) is 20.2 Å². The number of benzene rings is 1. The van der Waals surface area contributed by atoms with E-state index in [0.29, 0.717) is 35.2 Å². The lowest BCUT2D eigenvalue weighted by Crippen LogP contribution is -2.35. The molecule has 1 fully saturated rings. The second kappa shape index (κ2) is 8.13. The van der Waals surface area contributed by atoms with E-state index in [1.165, 1.54) is 23.9 Å². The molecule has 29 heavy (non-hydrogen) atoms. The maximum Gasteiger partial charge on any atom is 0.262 e. The smallest absolute Gasteiger partial charge is 0.262 e. The third-order valence-corrected chi connectivity index (χ3v) is 6.73. The van der Waals surface area contributed by atoms with Crippen molar-refractivity contribution in [2.45, 2.75) is 30.8 Å². The summed E-state index contributed by atoms with van der Waals surface area (Å²) in [6.45, 7) is 1.29. The van der Waals surface area contributed by atoms with Gasteiger partial charge in [-0.1, -0.05) is 23.2 Å². The van der Waals surface area contributed by atoms with Crippen molar-refractivity contribution in [1.29, 1.82) is 0 Å². The molecule has 0 saturated carbocycles. The van der Waals surface area contributed by atoms with Gasteiger partial charge in [-0.3, -0.25) is 0 Å². The van der Waals surface area contributed by atoms with E-state index in [-0.39, 0.29) is 17.5 Å². The molecule has 11 heteroatoms. The standard InChI is InChI=1S/C18H20ClN5O4S/c1-27-15-9-13(19)5-6-14(15)18-21-16(22-28-18)10-23-11-17(20-12-23)29(25,26)24-7-3-2-4-8-24/h5-6,9,11-12H,2-4,7-8,10H2,1H3. The molecule has 0 aliphatic carbocycles. The van der Waals surface area contributed by atoms with E-state index in [4.69, 9.17) is 20.9 Å². The summed E-state index contributed by atoms with van der Waals surface area (Å²) in [5.41, 5.74) is 0.620. The van der Waals surface area contributed by atoms with E-state index >= 15 is 0 Å². The quantitative estimate of drug-likeness (QED) is 0.584. The molecule has 9 nitrogen and oxygen atoms in total. The van der Waals surface area contributed by atoms with E-state index in [2.05, 4.69) is 15.1 Å². The average molecular weight is 438 g/mol. The summed E-state index contributed by atoms with van der Waals surface area (Å²) in [7, 11) is -2.05. The van der Waals surface area contributed by atoms with Crippen LogP contribution in [0.1, 0.15) is 25.1 Å². The van der Waals surface area contributed by atoms with Gasteiger partial charge in [0.05, 0.1) is 25.5 Å². The van der Waals surface area contributed by atoms with Crippen LogP contribution in [-0.2, 0) is 16.6 Å². The Bertz CT molecular complexity index is 1110. The lowest BCUT2D eigenvalue weighted by atomic mass is 10.2. The van der Waals surface area contributed by atoms with Gasteiger partial charge in [0, 0.05) is 24.3 Å². The molecule has 0 radical (unpaired) electrons. The van der Waals surface area contributed by atoms with Gasteiger partial charge in [-0.15, -0.1) is 0 Å². The van der Waals surface area contributed by atoms with Crippen LogP contribution < -0.4 is 4.74 Å². The fourth-order valence-electron chi connectivity index (χ4n) is 3.23. The summed E-state index contributed by atoms with van der Waals surface area (Å²) in [5.74, 6) is 1.19. The maximum atomic E-state index is 12.7. The van der Waals surface area contributed by atoms with Gasteiger partial charge in [-0.2, -0.15) is 9.29 Å². The number of aromatic nitrogens is 4. The van der Waals surface area contributed by atoms with Crippen molar-refractivity contribution in [1.82, 2.24) is 24.0 Å².